The molecule has 0 aromatic heterocycles. The lowest BCUT2D eigenvalue weighted by atomic mass is 9.41. The Hall–Kier alpha value is -5.84. The summed E-state index contributed by atoms with van der Waals surface area (Å²) < 4.78 is 97.7. The second-order valence-electron chi connectivity index (χ2n) is 23.9. The molecule has 2 bridgehead atoms. The van der Waals surface area contributed by atoms with Crippen molar-refractivity contribution >= 4 is 76.5 Å². The SMILES string of the molecule is C=C1C[C@@]23CC[C@H]4[C@@](C)(CCC[C@@]4(C)C(=O)Cl)[C@@H]2CC[C@]1(O[C@@H]1O[C@H](COC(C)=O)[C@@H](OC(C)=O)[C@H](O[C@@H]2O[C@H](COC(C)=O)[C@@H](OC(C)=O)[C@H](OC(C)=O)[C@H]2OC(C)=O)[C@H]1O[C@@H]1O[C@H](COC(C)=O)[C@@H](OC(C)=O)[C@H](OC(C)=O)[C@H]1OC(C)=O)C3. The number of hydrogen-bond donors (Lipinski definition) is 0. The highest BCUT2D eigenvalue weighted by Gasteiger charge is 2.70. The Morgan fingerprint density at radius 3 is 1.23 bits per heavy atom. The highest BCUT2D eigenvalue weighted by Crippen LogP contribution is 2.74. The van der Waals surface area contributed by atoms with E-state index < -0.39 is 188 Å². The van der Waals surface area contributed by atoms with Crippen molar-refractivity contribution in [3.8, 4) is 0 Å². The molecule has 27 nitrogen and oxygen atoms in total. The average Bonchev–Trinajstić information content (AvgIpc) is 1.40. The highest BCUT2D eigenvalue weighted by atomic mass is 35.5. The number of esters is 10. The molecule has 0 unspecified atom stereocenters. The van der Waals surface area contributed by atoms with Crippen molar-refractivity contribution in [2.75, 3.05) is 19.8 Å². The quantitative estimate of drug-likeness (QED) is 0.0546. The molecule has 0 aromatic rings. The van der Waals surface area contributed by atoms with Crippen LogP contribution in [-0.4, -0.2) is 182 Å². The lowest BCUT2D eigenvalue weighted by Crippen LogP contribution is -2.69. The molecule has 3 heterocycles. The van der Waals surface area contributed by atoms with Crippen LogP contribution in [0.1, 0.15) is 141 Å². The van der Waals surface area contributed by atoms with E-state index in [9.17, 15) is 52.7 Å². The predicted octanol–water partition coefficient (Wildman–Crippen LogP) is 4.02. The zero-order chi connectivity index (χ0) is 63.5. The van der Waals surface area contributed by atoms with E-state index in [0.29, 0.717) is 50.5 Å². The minimum Gasteiger partial charge on any atom is -0.463 e. The molecule has 1 spiro atoms. The Labute approximate surface area is 502 Å². The van der Waals surface area contributed by atoms with E-state index in [1.807, 2.05) is 6.92 Å². The molecular weight excluding hydrogens is 1160 g/mol. The second-order valence-corrected chi connectivity index (χ2v) is 24.3. The van der Waals surface area contributed by atoms with Crippen LogP contribution in [0.15, 0.2) is 12.2 Å². The maximum atomic E-state index is 13.5. The van der Waals surface area contributed by atoms with Gasteiger partial charge in [-0.3, -0.25) is 52.7 Å². The van der Waals surface area contributed by atoms with E-state index >= 15 is 0 Å². The molecular formula is C58H79ClO27. The smallest absolute Gasteiger partial charge is 0.303 e. The zero-order valence-corrected chi connectivity index (χ0v) is 51.2. The standard InChI is InChI=1S/C58H79ClO27/c1-26-21-57-19-15-40-55(12,17-14-18-56(40,13)54(59)70)41(57)16-20-58(26,25-57)86-53-50(85-52-49(80-36(11)69)46(78-34(9)67)43(75-31(6)64)38(82-52)23-72-28(3)61)47(44(76-32(7)65)39(83-53)24-73-29(4)62)84-51-48(79-35(10)68)45(77-33(8)66)42(74-30(5)63)37(81-51)22-71-27(2)60/h37-53H,1,14-25H2,2-13H3/t37-,38-,39-,40+,41+,42-,43-,44-,45+,46+,47+,48-,49-,50-,51+,52+,53+,55-,56-,57-,58+/m1/s1. The Balaban J connectivity index is 1.44. The molecule has 4 aliphatic carbocycles. The summed E-state index contributed by atoms with van der Waals surface area (Å²) in [5.41, 5.74) is -2.16. The monoisotopic (exact) mass is 1240 g/mol. The number of rotatable bonds is 20. The summed E-state index contributed by atoms with van der Waals surface area (Å²) in [5, 5.41) is -0.373. The topological polar surface area (TPSA) is 335 Å². The number of carbonyl (C=O) groups excluding carboxylic acids is 11. The van der Waals surface area contributed by atoms with Crippen LogP contribution in [0.2, 0.25) is 0 Å². The van der Waals surface area contributed by atoms with E-state index in [0.717, 1.165) is 82.1 Å². The number of hydrogen-bond acceptors (Lipinski definition) is 27. The van der Waals surface area contributed by atoms with Crippen LogP contribution in [0.3, 0.4) is 0 Å². The zero-order valence-electron chi connectivity index (χ0n) is 50.4. The minimum absolute atomic E-state index is 0.0259. The van der Waals surface area contributed by atoms with Crippen molar-refractivity contribution in [2.45, 2.75) is 239 Å². The average molecular weight is 1240 g/mol. The number of ether oxygens (including phenoxy) is 16. The Morgan fingerprint density at radius 1 is 0.453 bits per heavy atom. The number of fused-ring (bicyclic) bond motifs is 3. The van der Waals surface area contributed by atoms with Crippen LogP contribution in [-0.2, 0) is 129 Å². The third-order valence-electron chi connectivity index (χ3n) is 17.7. The van der Waals surface area contributed by atoms with E-state index in [1.54, 1.807) is 0 Å². The van der Waals surface area contributed by atoms with Crippen molar-refractivity contribution in [3.63, 3.8) is 0 Å². The van der Waals surface area contributed by atoms with Gasteiger partial charge in [-0.05, 0) is 91.2 Å². The Kier molecular flexibility index (Phi) is 21.5. The lowest BCUT2D eigenvalue weighted by molar-refractivity contribution is -0.400. The second kappa shape index (κ2) is 27.3. The first-order valence-corrected chi connectivity index (χ1v) is 29.0. The van der Waals surface area contributed by atoms with Gasteiger partial charge >= 0.3 is 59.7 Å². The van der Waals surface area contributed by atoms with Gasteiger partial charge < -0.3 is 75.8 Å². The molecule has 3 saturated heterocycles. The molecule has 3 aliphatic heterocycles. The summed E-state index contributed by atoms with van der Waals surface area (Å²) in [6, 6.07) is 0. The molecule has 7 fully saturated rings. The molecule has 4 saturated carbocycles. The molecule has 28 heteroatoms. The summed E-state index contributed by atoms with van der Waals surface area (Å²) >= 11 is 6.43. The van der Waals surface area contributed by atoms with Gasteiger partial charge in [0.15, 0.2) is 61.6 Å². The molecule has 480 valence electrons. The predicted molar refractivity (Wildman–Crippen MR) is 286 cm³/mol. The molecule has 7 aliphatic rings. The molecule has 0 radical (unpaired) electrons. The van der Waals surface area contributed by atoms with Crippen LogP contribution >= 0.6 is 11.6 Å². The fourth-order valence-corrected chi connectivity index (χ4v) is 15.0. The van der Waals surface area contributed by atoms with Crippen molar-refractivity contribution in [3.05, 3.63) is 12.2 Å². The van der Waals surface area contributed by atoms with Gasteiger partial charge in [0.25, 0.3) is 0 Å². The van der Waals surface area contributed by atoms with Gasteiger partial charge in [-0.15, -0.1) is 0 Å². The van der Waals surface area contributed by atoms with Gasteiger partial charge in [0.2, 0.25) is 5.24 Å². The Bertz CT molecular complexity index is 2640. The molecule has 86 heavy (non-hydrogen) atoms. The van der Waals surface area contributed by atoms with Crippen molar-refractivity contribution in [1.82, 2.24) is 0 Å². The van der Waals surface area contributed by atoms with Gasteiger partial charge in [-0.2, -0.15) is 0 Å². The van der Waals surface area contributed by atoms with Crippen molar-refractivity contribution in [1.29, 1.82) is 0 Å². The number of carbonyl (C=O) groups is 11. The van der Waals surface area contributed by atoms with Crippen LogP contribution < -0.4 is 0 Å². The fraction of sp³-hybridized carbons (Fsp3) is 0.776. The van der Waals surface area contributed by atoms with E-state index in [2.05, 4.69) is 13.5 Å². The first-order chi connectivity index (χ1) is 40.2. The van der Waals surface area contributed by atoms with Gasteiger partial charge in [-0.25, -0.2) is 0 Å². The van der Waals surface area contributed by atoms with E-state index in [-0.39, 0.29) is 22.5 Å². The van der Waals surface area contributed by atoms with Crippen molar-refractivity contribution < 1.29 is 129 Å². The molecule has 0 N–H and O–H groups in total. The molecule has 0 aromatic carbocycles. The van der Waals surface area contributed by atoms with Crippen molar-refractivity contribution in [2.24, 2.45) is 28.1 Å². The summed E-state index contributed by atoms with van der Waals surface area (Å²) in [7, 11) is 0. The van der Waals surface area contributed by atoms with E-state index in [1.165, 1.54) is 0 Å². The van der Waals surface area contributed by atoms with E-state index in [4.69, 9.17) is 87.4 Å². The van der Waals surface area contributed by atoms with Gasteiger partial charge in [0.05, 0.1) is 5.60 Å². The largest absolute Gasteiger partial charge is 0.463 e. The Morgan fingerprint density at radius 2 is 0.826 bits per heavy atom. The molecule has 0 amide bonds. The fourth-order valence-electron chi connectivity index (χ4n) is 14.8. The first-order valence-electron chi connectivity index (χ1n) is 28.7. The highest BCUT2D eigenvalue weighted by molar-refractivity contribution is 6.64. The third-order valence-corrected chi connectivity index (χ3v) is 18.2. The first kappa shape index (κ1) is 67.7. The van der Waals surface area contributed by atoms with Crippen LogP contribution in [0.25, 0.3) is 0 Å². The normalized spacial score (nSPS) is 38.8. The summed E-state index contributed by atoms with van der Waals surface area (Å²) in [6.07, 6.45) is -22.0. The maximum Gasteiger partial charge on any atom is 0.303 e. The van der Waals surface area contributed by atoms with Gasteiger partial charge in [0, 0.05) is 74.7 Å². The summed E-state index contributed by atoms with van der Waals surface area (Å²) in [5.74, 6) is -9.32. The van der Waals surface area contributed by atoms with Gasteiger partial charge in [0.1, 0.15) is 50.3 Å². The van der Waals surface area contributed by atoms with Crippen LogP contribution in [0.4, 0.5) is 0 Å². The summed E-state index contributed by atoms with van der Waals surface area (Å²) in [4.78, 5) is 142. The number of halogens is 1. The maximum absolute atomic E-state index is 13.5. The molecule has 7 rings (SSSR count). The van der Waals surface area contributed by atoms with Gasteiger partial charge in [-0.1, -0.05) is 26.8 Å². The minimum atomic E-state index is -2.07. The van der Waals surface area contributed by atoms with Crippen LogP contribution in [0, 0.1) is 28.1 Å². The molecule has 21 atom stereocenters. The van der Waals surface area contributed by atoms with Crippen LogP contribution in [0.5, 0.6) is 0 Å². The lowest BCUT2D eigenvalue weighted by Gasteiger charge is -2.64. The summed E-state index contributed by atoms with van der Waals surface area (Å²) in [6.45, 7) is 17.1. The third kappa shape index (κ3) is 14.8.